The van der Waals surface area contributed by atoms with Crippen LogP contribution in [0.25, 0.3) is 0 Å². The van der Waals surface area contributed by atoms with Crippen molar-refractivity contribution < 1.29 is 9.53 Å². The van der Waals surface area contributed by atoms with Crippen molar-refractivity contribution in [3.05, 3.63) is 41.7 Å². The van der Waals surface area contributed by atoms with Gasteiger partial charge in [-0.15, -0.1) is 0 Å². The van der Waals surface area contributed by atoms with Gasteiger partial charge >= 0.3 is 0 Å². The number of hydrogen-bond donors (Lipinski definition) is 3. The molecular weight excluding hydrogens is 270 g/mol. The maximum atomic E-state index is 11.4. The van der Waals surface area contributed by atoms with Gasteiger partial charge in [-0.1, -0.05) is 25.5 Å². The molecule has 5 N–H and O–H groups in total. The van der Waals surface area contributed by atoms with Crippen molar-refractivity contribution >= 4 is 11.7 Å². The van der Waals surface area contributed by atoms with Crippen molar-refractivity contribution in [3.8, 4) is 11.6 Å². The molecular formula is C14H17N5O2. The highest BCUT2D eigenvalue weighted by Crippen LogP contribution is 2.29. The van der Waals surface area contributed by atoms with Crippen molar-refractivity contribution in [3.63, 3.8) is 0 Å². The number of ether oxygens (including phenoxy) is 1. The van der Waals surface area contributed by atoms with E-state index < -0.39 is 5.91 Å². The lowest BCUT2D eigenvalue weighted by Crippen LogP contribution is -2.14. The van der Waals surface area contributed by atoms with Gasteiger partial charge in [0.2, 0.25) is 5.88 Å². The van der Waals surface area contributed by atoms with Crippen LogP contribution in [-0.2, 0) is 6.42 Å². The number of nitrogens with zero attached hydrogens (tertiary/aromatic N) is 2. The van der Waals surface area contributed by atoms with Gasteiger partial charge < -0.3 is 15.9 Å². The quantitative estimate of drug-likeness (QED) is 0.549. The van der Waals surface area contributed by atoms with Crippen LogP contribution in [0.15, 0.2) is 30.6 Å². The molecule has 7 heteroatoms. The summed E-state index contributed by atoms with van der Waals surface area (Å²) in [4.78, 5) is 19.6. The Kier molecular flexibility index (Phi) is 4.68. The Morgan fingerprint density at radius 3 is 2.76 bits per heavy atom. The van der Waals surface area contributed by atoms with Crippen LogP contribution in [0, 0.1) is 0 Å². The fourth-order valence-electron chi connectivity index (χ4n) is 1.95. The van der Waals surface area contributed by atoms with Gasteiger partial charge in [-0.05, 0) is 18.6 Å². The second-order valence-electron chi connectivity index (χ2n) is 4.36. The summed E-state index contributed by atoms with van der Waals surface area (Å²) in [5, 5.41) is 0. The number of nitrogens with one attached hydrogen (secondary N) is 1. The number of para-hydroxylation sites is 1. The third-order valence-electron chi connectivity index (χ3n) is 2.90. The molecule has 0 aliphatic heterocycles. The van der Waals surface area contributed by atoms with Crippen molar-refractivity contribution in [1.29, 1.82) is 0 Å². The summed E-state index contributed by atoms with van der Waals surface area (Å²) in [5.74, 6) is 6.09. The number of aromatic nitrogens is 2. The number of hydrogen-bond acceptors (Lipinski definition) is 6. The maximum absolute atomic E-state index is 11.4. The fraction of sp³-hybridized carbons (Fsp3) is 0.214. The highest BCUT2D eigenvalue weighted by atomic mass is 16.5. The minimum Gasteiger partial charge on any atom is -0.438 e. The molecule has 7 nitrogen and oxygen atoms in total. The molecule has 0 aliphatic rings. The molecule has 0 atom stereocenters. The molecule has 0 bridgehead atoms. The summed E-state index contributed by atoms with van der Waals surface area (Å²) >= 11 is 0. The molecule has 1 amide bonds. The van der Waals surface area contributed by atoms with Crippen LogP contribution in [0.3, 0.4) is 0 Å². The number of rotatable bonds is 6. The zero-order valence-electron chi connectivity index (χ0n) is 11.7. The first-order valence-corrected chi connectivity index (χ1v) is 6.54. The lowest BCUT2D eigenvalue weighted by Gasteiger charge is -2.13. The van der Waals surface area contributed by atoms with Gasteiger partial charge in [0.15, 0.2) is 0 Å². The standard InChI is InChI=1S/C14H17N5O2/c1-2-5-10-13(19-16)17-8-18-14(10)21-11-7-4-3-6-9(11)12(15)20/h3-4,6-8H,2,5,16H2,1H3,(H2,15,20)(H,17,18,19). The van der Waals surface area contributed by atoms with E-state index in [1.54, 1.807) is 24.3 Å². The Morgan fingerprint density at radius 2 is 2.10 bits per heavy atom. The molecule has 0 spiro atoms. The molecule has 110 valence electrons. The van der Waals surface area contributed by atoms with E-state index >= 15 is 0 Å². The Bertz CT molecular complexity index is 645. The van der Waals surface area contributed by atoms with Gasteiger partial charge in [-0.25, -0.2) is 15.8 Å². The fourth-order valence-corrected chi connectivity index (χ4v) is 1.95. The lowest BCUT2D eigenvalue weighted by atomic mass is 10.1. The molecule has 21 heavy (non-hydrogen) atoms. The zero-order chi connectivity index (χ0) is 15.2. The number of carbonyl (C=O) groups excluding carboxylic acids is 1. The van der Waals surface area contributed by atoms with E-state index in [9.17, 15) is 4.79 Å². The summed E-state index contributed by atoms with van der Waals surface area (Å²) in [7, 11) is 0. The van der Waals surface area contributed by atoms with Crippen molar-refractivity contribution in [2.45, 2.75) is 19.8 Å². The Morgan fingerprint density at radius 1 is 1.33 bits per heavy atom. The predicted octanol–water partition coefficient (Wildman–Crippen LogP) is 1.61. The summed E-state index contributed by atoms with van der Waals surface area (Å²) in [6, 6.07) is 6.73. The molecule has 2 rings (SSSR count). The monoisotopic (exact) mass is 287 g/mol. The maximum Gasteiger partial charge on any atom is 0.252 e. The number of anilines is 1. The van der Waals surface area contributed by atoms with E-state index in [0.717, 1.165) is 12.0 Å². The summed E-state index contributed by atoms with van der Waals surface area (Å²) < 4.78 is 5.75. The van der Waals surface area contributed by atoms with Crippen LogP contribution in [0.1, 0.15) is 29.3 Å². The van der Waals surface area contributed by atoms with E-state index in [-0.39, 0.29) is 0 Å². The molecule has 1 heterocycles. The van der Waals surface area contributed by atoms with Crippen LogP contribution in [0.2, 0.25) is 0 Å². The highest BCUT2D eigenvalue weighted by Gasteiger charge is 2.15. The number of amides is 1. The molecule has 0 radical (unpaired) electrons. The van der Waals surface area contributed by atoms with Crippen LogP contribution in [0.4, 0.5) is 5.82 Å². The predicted molar refractivity (Wildman–Crippen MR) is 78.9 cm³/mol. The van der Waals surface area contributed by atoms with Crippen molar-refractivity contribution in [1.82, 2.24) is 9.97 Å². The second-order valence-corrected chi connectivity index (χ2v) is 4.36. The normalized spacial score (nSPS) is 10.2. The van der Waals surface area contributed by atoms with Gasteiger partial charge in [0.1, 0.15) is 17.9 Å². The molecule has 0 unspecified atom stereocenters. The highest BCUT2D eigenvalue weighted by molar-refractivity contribution is 5.95. The largest absolute Gasteiger partial charge is 0.438 e. The van der Waals surface area contributed by atoms with Gasteiger partial charge in [0.25, 0.3) is 5.91 Å². The van der Waals surface area contributed by atoms with E-state index in [4.69, 9.17) is 16.3 Å². The molecule has 1 aromatic heterocycles. The van der Waals surface area contributed by atoms with Gasteiger partial charge in [0.05, 0.1) is 11.1 Å². The number of primary amides is 1. The minimum absolute atomic E-state index is 0.292. The number of nitrogens with two attached hydrogens (primary N) is 2. The van der Waals surface area contributed by atoms with Gasteiger partial charge in [-0.3, -0.25) is 4.79 Å². The first-order chi connectivity index (χ1) is 10.2. The molecule has 0 saturated carbocycles. The number of hydrazine groups is 1. The Hall–Kier alpha value is -2.67. The average Bonchev–Trinajstić information content (AvgIpc) is 2.49. The molecule has 0 fully saturated rings. The van der Waals surface area contributed by atoms with E-state index in [0.29, 0.717) is 29.4 Å². The topological polar surface area (TPSA) is 116 Å². The van der Waals surface area contributed by atoms with Crippen LogP contribution in [0.5, 0.6) is 11.6 Å². The van der Waals surface area contributed by atoms with Crippen LogP contribution < -0.4 is 21.7 Å². The SMILES string of the molecule is CCCc1c(NN)ncnc1Oc1ccccc1C(N)=O. The molecule has 0 saturated heterocycles. The molecule has 0 aliphatic carbocycles. The van der Waals surface area contributed by atoms with Crippen LogP contribution in [-0.4, -0.2) is 15.9 Å². The second kappa shape index (κ2) is 6.67. The summed E-state index contributed by atoms with van der Waals surface area (Å²) in [5.41, 5.74) is 8.90. The van der Waals surface area contributed by atoms with Gasteiger partial charge in [-0.2, -0.15) is 0 Å². The number of nitrogen functional groups attached to an aromatic ring is 1. The smallest absolute Gasteiger partial charge is 0.252 e. The average molecular weight is 287 g/mol. The molecule has 2 aromatic rings. The Labute approximate surface area is 122 Å². The van der Waals surface area contributed by atoms with Crippen molar-refractivity contribution in [2.75, 3.05) is 5.43 Å². The summed E-state index contributed by atoms with van der Waals surface area (Å²) in [6.45, 7) is 2.02. The third-order valence-corrected chi connectivity index (χ3v) is 2.90. The third kappa shape index (κ3) is 3.26. The zero-order valence-corrected chi connectivity index (χ0v) is 11.7. The number of benzene rings is 1. The lowest BCUT2D eigenvalue weighted by molar-refractivity contribution is 0.0998. The van der Waals surface area contributed by atoms with E-state index in [2.05, 4.69) is 15.4 Å². The van der Waals surface area contributed by atoms with Crippen molar-refractivity contribution in [2.24, 2.45) is 11.6 Å². The first kappa shape index (κ1) is 14.7. The van der Waals surface area contributed by atoms with Crippen LogP contribution >= 0.6 is 0 Å². The minimum atomic E-state index is -0.561. The first-order valence-electron chi connectivity index (χ1n) is 6.54. The van der Waals surface area contributed by atoms with Gasteiger partial charge in [0, 0.05) is 0 Å². The van der Waals surface area contributed by atoms with E-state index in [1.165, 1.54) is 6.33 Å². The summed E-state index contributed by atoms with van der Waals surface area (Å²) in [6.07, 6.45) is 2.90. The molecule has 1 aromatic carbocycles. The Balaban J connectivity index is 2.42. The van der Waals surface area contributed by atoms with E-state index in [1.807, 2.05) is 6.92 Å². The number of carbonyl (C=O) groups is 1.